The van der Waals surface area contributed by atoms with E-state index < -0.39 is 27.5 Å². The van der Waals surface area contributed by atoms with Crippen LogP contribution in [0.4, 0.5) is 4.39 Å². The number of benzene rings is 2. The Bertz CT molecular complexity index is 1260. The van der Waals surface area contributed by atoms with Crippen LogP contribution in [0, 0.1) is 5.82 Å². The molecule has 2 aromatic carbocycles. The molecule has 1 amide bonds. The summed E-state index contributed by atoms with van der Waals surface area (Å²) in [4.78, 5) is 25.6. The third-order valence-electron chi connectivity index (χ3n) is 5.03. The van der Waals surface area contributed by atoms with Gasteiger partial charge in [-0.1, -0.05) is 12.1 Å². The van der Waals surface area contributed by atoms with Gasteiger partial charge in [0.05, 0.1) is 16.0 Å². The van der Waals surface area contributed by atoms with Gasteiger partial charge in [-0.15, -0.1) is 0 Å². The second kappa shape index (κ2) is 7.12. The van der Waals surface area contributed by atoms with Crippen LogP contribution in [0.5, 0.6) is 0 Å². The van der Waals surface area contributed by atoms with E-state index in [1.807, 2.05) is 0 Å². The number of rotatable bonds is 3. The Morgan fingerprint density at radius 1 is 1.07 bits per heavy atom. The Labute approximate surface area is 165 Å². The molecule has 0 atom stereocenters. The Balaban J connectivity index is 1.52. The number of fused-ring (bicyclic) bond motifs is 1. The van der Waals surface area contributed by atoms with Gasteiger partial charge < -0.3 is 9.32 Å². The number of hydrogen-bond acceptors (Lipinski definition) is 5. The van der Waals surface area contributed by atoms with E-state index in [0.29, 0.717) is 5.52 Å². The van der Waals surface area contributed by atoms with Crippen LogP contribution in [0.25, 0.3) is 11.1 Å². The van der Waals surface area contributed by atoms with Crippen LogP contribution in [-0.2, 0) is 17.1 Å². The van der Waals surface area contributed by atoms with Crippen LogP contribution in [0.2, 0.25) is 0 Å². The third kappa shape index (κ3) is 3.34. The van der Waals surface area contributed by atoms with E-state index in [-0.39, 0.29) is 42.2 Å². The number of carbonyl (C=O) groups excluding carboxylic acids is 1. The molecular formula is C19H18FN3O5S. The molecule has 0 bridgehead atoms. The molecule has 0 radical (unpaired) electrons. The molecule has 0 aliphatic carbocycles. The summed E-state index contributed by atoms with van der Waals surface area (Å²) in [6.45, 7) is 0.461. The minimum Gasteiger partial charge on any atom is -0.408 e. The van der Waals surface area contributed by atoms with Gasteiger partial charge in [0.15, 0.2) is 5.58 Å². The number of aryl methyl sites for hydroxylation is 1. The molecular weight excluding hydrogens is 401 g/mol. The average molecular weight is 419 g/mol. The van der Waals surface area contributed by atoms with Crippen molar-refractivity contribution in [2.45, 2.75) is 4.90 Å². The van der Waals surface area contributed by atoms with Crippen molar-refractivity contribution in [3.8, 4) is 0 Å². The smallest absolute Gasteiger partial charge is 0.408 e. The number of hydrogen-bond donors (Lipinski definition) is 0. The van der Waals surface area contributed by atoms with Gasteiger partial charge in [0.25, 0.3) is 5.91 Å². The molecule has 3 aromatic rings. The average Bonchev–Trinajstić information content (AvgIpc) is 3.01. The molecule has 152 valence electrons. The third-order valence-corrected chi connectivity index (χ3v) is 6.93. The summed E-state index contributed by atoms with van der Waals surface area (Å²) in [5.74, 6) is -1.65. The number of aromatic nitrogens is 1. The number of oxazole rings is 1. The summed E-state index contributed by atoms with van der Waals surface area (Å²) in [6.07, 6.45) is 0. The number of piperazine rings is 1. The molecule has 2 heterocycles. The van der Waals surface area contributed by atoms with Gasteiger partial charge in [0.2, 0.25) is 10.0 Å². The topological polar surface area (TPSA) is 92.8 Å². The summed E-state index contributed by atoms with van der Waals surface area (Å²) >= 11 is 0. The lowest BCUT2D eigenvalue weighted by molar-refractivity contribution is 0.0693. The lowest BCUT2D eigenvalue weighted by Crippen LogP contribution is -2.50. The zero-order chi connectivity index (χ0) is 20.8. The Morgan fingerprint density at radius 2 is 1.76 bits per heavy atom. The highest BCUT2D eigenvalue weighted by atomic mass is 32.2. The van der Waals surface area contributed by atoms with Crippen molar-refractivity contribution < 1.29 is 22.0 Å². The molecule has 1 aliphatic heterocycles. The monoisotopic (exact) mass is 419 g/mol. The molecule has 8 nitrogen and oxygen atoms in total. The van der Waals surface area contributed by atoms with E-state index in [4.69, 9.17) is 4.42 Å². The van der Waals surface area contributed by atoms with Crippen molar-refractivity contribution in [1.82, 2.24) is 13.8 Å². The molecule has 10 heteroatoms. The zero-order valence-electron chi connectivity index (χ0n) is 15.5. The summed E-state index contributed by atoms with van der Waals surface area (Å²) in [6, 6.07) is 9.96. The molecule has 0 spiro atoms. The van der Waals surface area contributed by atoms with E-state index in [1.54, 1.807) is 6.07 Å². The number of sulfonamides is 1. The lowest BCUT2D eigenvalue weighted by Gasteiger charge is -2.34. The SMILES string of the molecule is Cn1c(=O)oc2cc(S(=O)(=O)N3CCN(C(=O)c4ccccc4F)CC3)ccc21. The molecule has 29 heavy (non-hydrogen) atoms. The minimum absolute atomic E-state index is 0.00762. The standard InChI is InChI=1S/C19H18FN3O5S/c1-21-16-7-6-13(12-17(16)28-19(21)25)29(26,27)23-10-8-22(9-11-23)18(24)14-4-2-3-5-15(14)20/h2-7,12H,8-11H2,1H3. The largest absolute Gasteiger partial charge is 0.419 e. The van der Waals surface area contributed by atoms with E-state index in [0.717, 1.165) is 0 Å². The van der Waals surface area contributed by atoms with Gasteiger partial charge in [-0.3, -0.25) is 9.36 Å². The first-order valence-corrected chi connectivity index (χ1v) is 10.4. The first-order valence-electron chi connectivity index (χ1n) is 8.92. The molecule has 0 saturated carbocycles. The summed E-state index contributed by atoms with van der Waals surface area (Å²) in [5.41, 5.74) is 0.648. The van der Waals surface area contributed by atoms with Gasteiger partial charge >= 0.3 is 5.76 Å². The maximum absolute atomic E-state index is 13.9. The molecule has 4 rings (SSSR count). The van der Waals surface area contributed by atoms with Crippen molar-refractivity contribution in [2.75, 3.05) is 26.2 Å². The second-order valence-corrected chi connectivity index (χ2v) is 8.67. The van der Waals surface area contributed by atoms with Crippen molar-refractivity contribution in [3.63, 3.8) is 0 Å². The van der Waals surface area contributed by atoms with Crippen LogP contribution in [0.3, 0.4) is 0 Å². The van der Waals surface area contributed by atoms with E-state index in [1.165, 1.54) is 57.2 Å². The summed E-state index contributed by atoms with van der Waals surface area (Å²) in [5, 5.41) is 0. The molecule has 1 aliphatic rings. The van der Waals surface area contributed by atoms with Crippen LogP contribution in [0.15, 0.2) is 56.6 Å². The summed E-state index contributed by atoms with van der Waals surface area (Å²) < 4.78 is 47.4. The molecule has 1 fully saturated rings. The molecule has 1 aromatic heterocycles. The second-order valence-electron chi connectivity index (χ2n) is 6.73. The van der Waals surface area contributed by atoms with Crippen molar-refractivity contribution in [2.24, 2.45) is 7.05 Å². The molecule has 0 unspecified atom stereocenters. The van der Waals surface area contributed by atoms with Gasteiger partial charge in [-0.05, 0) is 24.3 Å². The number of carbonyl (C=O) groups is 1. The quantitative estimate of drug-likeness (QED) is 0.640. The van der Waals surface area contributed by atoms with Gasteiger partial charge in [0.1, 0.15) is 5.82 Å². The van der Waals surface area contributed by atoms with Gasteiger partial charge in [-0.2, -0.15) is 4.31 Å². The van der Waals surface area contributed by atoms with E-state index >= 15 is 0 Å². The fourth-order valence-corrected chi connectivity index (χ4v) is 4.80. The van der Waals surface area contributed by atoms with Crippen LogP contribution >= 0.6 is 0 Å². The van der Waals surface area contributed by atoms with Crippen molar-refractivity contribution in [3.05, 3.63) is 64.4 Å². The van der Waals surface area contributed by atoms with Crippen LogP contribution in [0.1, 0.15) is 10.4 Å². The minimum atomic E-state index is -3.83. The highest BCUT2D eigenvalue weighted by molar-refractivity contribution is 7.89. The number of nitrogens with zero attached hydrogens (tertiary/aromatic N) is 3. The predicted molar refractivity (Wildman–Crippen MR) is 103 cm³/mol. The Morgan fingerprint density at radius 3 is 2.45 bits per heavy atom. The number of amides is 1. The van der Waals surface area contributed by atoms with Gasteiger partial charge in [0, 0.05) is 39.3 Å². The highest BCUT2D eigenvalue weighted by Gasteiger charge is 2.31. The van der Waals surface area contributed by atoms with Gasteiger partial charge in [-0.25, -0.2) is 17.6 Å². The fourth-order valence-electron chi connectivity index (χ4n) is 3.36. The normalized spacial score (nSPS) is 15.7. The number of halogens is 1. The maximum Gasteiger partial charge on any atom is 0.419 e. The van der Waals surface area contributed by atoms with E-state index in [9.17, 15) is 22.4 Å². The van der Waals surface area contributed by atoms with E-state index in [2.05, 4.69) is 0 Å². The zero-order valence-corrected chi connectivity index (χ0v) is 16.4. The Kier molecular flexibility index (Phi) is 4.75. The predicted octanol–water partition coefficient (Wildman–Crippen LogP) is 1.42. The molecule has 1 saturated heterocycles. The molecule has 0 N–H and O–H groups in total. The fraction of sp³-hybridized carbons (Fsp3) is 0.263. The van der Waals surface area contributed by atoms with Crippen LogP contribution in [-0.4, -0.2) is 54.3 Å². The lowest BCUT2D eigenvalue weighted by atomic mass is 10.1. The first-order chi connectivity index (χ1) is 13.8. The van der Waals surface area contributed by atoms with Crippen molar-refractivity contribution in [1.29, 1.82) is 0 Å². The first kappa shape index (κ1) is 19.3. The van der Waals surface area contributed by atoms with Crippen LogP contribution < -0.4 is 5.76 Å². The van der Waals surface area contributed by atoms with Crippen molar-refractivity contribution >= 4 is 27.0 Å². The Hall–Kier alpha value is -2.98. The highest BCUT2D eigenvalue weighted by Crippen LogP contribution is 2.23. The maximum atomic E-state index is 13.9. The summed E-state index contributed by atoms with van der Waals surface area (Å²) in [7, 11) is -2.29.